The van der Waals surface area contributed by atoms with E-state index in [9.17, 15) is 0 Å². The zero-order chi connectivity index (χ0) is 14.0. The lowest BCUT2D eigenvalue weighted by atomic mass is 9.74. The molecule has 0 spiro atoms. The van der Waals surface area contributed by atoms with Crippen LogP contribution in [0.1, 0.15) is 54.4 Å². The fraction of sp³-hybridized carbons (Fsp3) is 0.769. The monoisotopic (exact) mass is 253 g/mol. The van der Waals surface area contributed by atoms with Crippen LogP contribution in [0.4, 0.5) is 0 Å². The molecule has 0 aliphatic rings. The van der Waals surface area contributed by atoms with Gasteiger partial charge in [-0.05, 0) is 27.7 Å². The van der Waals surface area contributed by atoms with E-state index in [2.05, 4.69) is 36.1 Å². The van der Waals surface area contributed by atoms with E-state index in [0.29, 0.717) is 5.89 Å². The van der Waals surface area contributed by atoms with Crippen LogP contribution in [-0.4, -0.2) is 22.0 Å². The standard InChI is InChI=1S/C13H23N3O2/c1-9(2)18-16-10(12(3,4)5)13(6,7)11-15-14-8-17-11/h8-9H,1-7H3/b16-10-. The Labute approximate surface area is 109 Å². The Morgan fingerprint density at radius 2 is 1.89 bits per heavy atom. The lowest BCUT2D eigenvalue weighted by molar-refractivity contribution is 0.0815. The van der Waals surface area contributed by atoms with Gasteiger partial charge in [-0.2, -0.15) is 0 Å². The number of rotatable bonds is 4. The summed E-state index contributed by atoms with van der Waals surface area (Å²) < 4.78 is 5.32. The van der Waals surface area contributed by atoms with E-state index in [1.54, 1.807) is 0 Å². The zero-order valence-electron chi connectivity index (χ0n) is 12.3. The molecular weight excluding hydrogens is 230 g/mol. The maximum Gasteiger partial charge on any atom is 0.227 e. The van der Waals surface area contributed by atoms with Gasteiger partial charge in [-0.15, -0.1) is 10.2 Å². The molecule has 1 heterocycles. The first kappa shape index (κ1) is 14.7. The van der Waals surface area contributed by atoms with E-state index in [1.165, 1.54) is 6.39 Å². The van der Waals surface area contributed by atoms with E-state index in [-0.39, 0.29) is 11.5 Å². The van der Waals surface area contributed by atoms with Gasteiger partial charge in [0.05, 0.1) is 11.1 Å². The Morgan fingerprint density at radius 1 is 1.28 bits per heavy atom. The van der Waals surface area contributed by atoms with Crippen molar-refractivity contribution in [3.8, 4) is 0 Å². The van der Waals surface area contributed by atoms with Crippen molar-refractivity contribution in [2.45, 2.75) is 60.0 Å². The first-order valence-corrected chi connectivity index (χ1v) is 6.17. The fourth-order valence-electron chi connectivity index (χ4n) is 1.89. The molecule has 0 fully saturated rings. The Morgan fingerprint density at radius 3 is 2.28 bits per heavy atom. The molecule has 1 aromatic rings. The van der Waals surface area contributed by atoms with E-state index in [4.69, 9.17) is 9.25 Å². The lowest BCUT2D eigenvalue weighted by Crippen LogP contribution is -2.39. The maximum absolute atomic E-state index is 5.41. The maximum atomic E-state index is 5.41. The minimum atomic E-state index is -0.455. The van der Waals surface area contributed by atoms with E-state index in [1.807, 2.05) is 27.7 Å². The minimum absolute atomic E-state index is 0.0424. The number of oxime groups is 1. The molecule has 0 unspecified atom stereocenters. The molecule has 0 saturated heterocycles. The second-order valence-electron chi connectivity index (χ2n) is 6.21. The highest BCUT2D eigenvalue weighted by molar-refractivity contribution is 5.97. The lowest BCUT2D eigenvalue weighted by Gasteiger charge is -2.31. The van der Waals surface area contributed by atoms with Gasteiger partial charge in [0.15, 0.2) is 0 Å². The predicted octanol–water partition coefficient (Wildman–Crippen LogP) is 3.17. The Kier molecular flexibility index (Phi) is 4.14. The third-order valence-electron chi connectivity index (χ3n) is 2.55. The van der Waals surface area contributed by atoms with Crippen LogP contribution in [0.5, 0.6) is 0 Å². The Hall–Kier alpha value is -1.39. The van der Waals surface area contributed by atoms with Gasteiger partial charge >= 0.3 is 0 Å². The highest BCUT2D eigenvalue weighted by Gasteiger charge is 2.40. The van der Waals surface area contributed by atoms with Crippen molar-refractivity contribution < 1.29 is 9.25 Å². The second-order valence-corrected chi connectivity index (χ2v) is 6.21. The summed E-state index contributed by atoms with van der Waals surface area (Å²) in [5.41, 5.74) is 0.282. The quantitative estimate of drug-likeness (QED) is 0.610. The second kappa shape index (κ2) is 5.08. The summed E-state index contributed by atoms with van der Waals surface area (Å²) in [5.74, 6) is 0.545. The Balaban J connectivity index is 3.15. The number of hydrogen-bond acceptors (Lipinski definition) is 5. The van der Waals surface area contributed by atoms with Crippen LogP contribution < -0.4 is 0 Å². The fourth-order valence-corrected chi connectivity index (χ4v) is 1.89. The molecule has 0 bridgehead atoms. The minimum Gasteiger partial charge on any atom is -0.427 e. The molecular formula is C13H23N3O2. The summed E-state index contributed by atoms with van der Waals surface area (Å²) in [6.45, 7) is 14.2. The molecule has 1 aromatic heterocycles. The number of aromatic nitrogens is 2. The van der Waals surface area contributed by atoms with Crippen LogP contribution in [0.15, 0.2) is 16.0 Å². The Bertz CT molecular complexity index is 400. The smallest absolute Gasteiger partial charge is 0.227 e. The molecule has 5 heteroatoms. The van der Waals surface area contributed by atoms with Crippen molar-refractivity contribution in [1.82, 2.24) is 10.2 Å². The number of hydrogen-bond donors (Lipinski definition) is 0. The van der Waals surface area contributed by atoms with Crippen LogP contribution in [-0.2, 0) is 10.3 Å². The van der Waals surface area contributed by atoms with Gasteiger partial charge in [-0.3, -0.25) is 0 Å². The van der Waals surface area contributed by atoms with Gasteiger partial charge < -0.3 is 9.25 Å². The van der Waals surface area contributed by atoms with Crippen LogP contribution in [0, 0.1) is 5.41 Å². The largest absolute Gasteiger partial charge is 0.427 e. The molecule has 1 rings (SSSR count). The third-order valence-corrected chi connectivity index (χ3v) is 2.55. The predicted molar refractivity (Wildman–Crippen MR) is 70.4 cm³/mol. The van der Waals surface area contributed by atoms with Crippen LogP contribution >= 0.6 is 0 Å². The highest BCUT2D eigenvalue weighted by atomic mass is 16.6. The van der Waals surface area contributed by atoms with Gasteiger partial charge in [0.25, 0.3) is 0 Å². The van der Waals surface area contributed by atoms with Crippen LogP contribution in [0.25, 0.3) is 0 Å². The normalized spacial score (nSPS) is 14.1. The first-order valence-electron chi connectivity index (χ1n) is 6.17. The topological polar surface area (TPSA) is 60.5 Å². The molecule has 18 heavy (non-hydrogen) atoms. The van der Waals surface area contributed by atoms with E-state index in [0.717, 1.165) is 5.71 Å². The highest BCUT2D eigenvalue weighted by Crippen LogP contribution is 2.33. The summed E-state index contributed by atoms with van der Waals surface area (Å²) >= 11 is 0. The molecule has 0 saturated carbocycles. The third kappa shape index (κ3) is 3.31. The SMILES string of the molecule is CC(C)O/N=C(/C(C)(C)C)C(C)(C)c1nnco1. The zero-order valence-corrected chi connectivity index (χ0v) is 12.3. The molecule has 0 N–H and O–H groups in total. The van der Waals surface area contributed by atoms with Gasteiger partial charge in [0.2, 0.25) is 12.3 Å². The van der Waals surface area contributed by atoms with Crippen molar-refractivity contribution in [3.63, 3.8) is 0 Å². The average Bonchev–Trinajstić information content (AvgIpc) is 2.67. The molecule has 0 aliphatic carbocycles. The van der Waals surface area contributed by atoms with Crippen molar-refractivity contribution in [2.24, 2.45) is 10.6 Å². The van der Waals surface area contributed by atoms with Crippen molar-refractivity contribution in [1.29, 1.82) is 0 Å². The van der Waals surface area contributed by atoms with Gasteiger partial charge in [0.1, 0.15) is 6.10 Å². The van der Waals surface area contributed by atoms with Gasteiger partial charge in [-0.25, -0.2) is 0 Å². The van der Waals surface area contributed by atoms with Gasteiger partial charge in [-0.1, -0.05) is 25.9 Å². The van der Waals surface area contributed by atoms with E-state index < -0.39 is 5.41 Å². The summed E-state index contributed by atoms with van der Waals surface area (Å²) in [6, 6.07) is 0. The number of nitrogens with zero attached hydrogens (tertiary/aromatic N) is 3. The summed E-state index contributed by atoms with van der Waals surface area (Å²) in [7, 11) is 0. The molecule has 0 radical (unpaired) electrons. The first-order chi connectivity index (χ1) is 8.15. The molecule has 0 atom stereocenters. The van der Waals surface area contributed by atoms with E-state index >= 15 is 0 Å². The summed E-state index contributed by atoms with van der Waals surface area (Å²) in [6.07, 6.45) is 1.38. The molecule has 0 amide bonds. The van der Waals surface area contributed by atoms with Crippen molar-refractivity contribution in [3.05, 3.63) is 12.3 Å². The summed E-state index contributed by atoms with van der Waals surface area (Å²) in [4.78, 5) is 5.41. The molecule has 0 aliphatic heterocycles. The van der Waals surface area contributed by atoms with Crippen molar-refractivity contribution in [2.75, 3.05) is 0 Å². The molecule has 5 nitrogen and oxygen atoms in total. The van der Waals surface area contributed by atoms with Crippen LogP contribution in [0.2, 0.25) is 0 Å². The molecule has 0 aromatic carbocycles. The van der Waals surface area contributed by atoms with Gasteiger partial charge in [0, 0.05) is 5.41 Å². The average molecular weight is 253 g/mol. The van der Waals surface area contributed by atoms with Crippen molar-refractivity contribution >= 4 is 5.71 Å². The molecule has 102 valence electrons. The van der Waals surface area contributed by atoms with Crippen LogP contribution in [0.3, 0.4) is 0 Å². The summed E-state index contributed by atoms with van der Waals surface area (Å²) in [5, 5.41) is 12.0.